The van der Waals surface area contributed by atoms with Gasteiger partial charge in [-0.05, 0) is 12.8 Å². The van der Waals surface area contributed by atoms with Gasteiger partial charge in [0.15, 0.2) is 0 Å². The van der Waals surface area contributed by atoms with E-state index in [2.05, 4.69) is 16.0 Å². The fourth-order valence-corrected chi connectivity index (χ4v) is 0.987. The highest BCUT2D eigenvalue weighted by molar-refractivity contribution is 5.18. The van der Waals surface area contributed by atoms with Crippen LogP contribution in [0.2, 0.25) is 0 Å². The molecule has 0 radical (unpaired) electrons. The van der Waals surface area contributed by atoms with E-state index in [0.29, 0.717) is 0 Å². The molecule has 2 rings (SSSR count). The van der Waals surface area contributed by atoms with E-state index >= 15 is 0 Å². The third-order valence-electron chi connectivity index (χ3n) is 1.85. The number of aromatic nitrogens is 3. The van der Waals surface area contributed by atoms with Crippen LogP contribution in [-0.2, 0) is 5.54 Å². The number of hydrogen-bond acceptors (Lipinski definition) is 2. The first-order valence-corrected chi connectivity index (χ1v) is 3.20. The number of nitrogens with zero attached hydrogens (tertiary/aromatic N) is 3. The molecular formula is C7H7N3. The van der Waals surface area contributed by atoms with Gasteiger partial charge >= 0.3 is 0 Å². The second-order valence-corrected chi connectivity index (χ2v) is 2.52. The topological polar surface area (TPSA) is 30.7 Å². The molecule has 50 valence electrons. The predicted octanol–water partition coefficient (Wildman–Crippen LogP) is 0.400. The summed E-state index contributed by atoms with van der Waals surface area (Å²) in [4.78, 5) is 3.83. The predicted molar refractivity (Wildman–Crippen MR) is 36.1 cm³/mol. The molecule has 1 aliphatic rings. The van der Waals surface area contributed by atoms with Gasteiger partial charge in [0.2, 0.25) is 0 Å². The normalized spacial score (nSPS) is 19.9. The average Bonchev–Trinajstić information content (AvgIpc) is 2.58. The summed E-state index contributed by atoms with van der Waals surface area (Å²) >= 11 is 0. The summed E-state index contributed by atoms with van der Waals surface area (Å²) in [6.45, 7) is 0. The summed E-state index contributed by atoms with van der Waals surface area (Å²) < 4.78 is 1.76. The smallest absolute Gasteiger partial charge is 0.137 e. The van der Waals surface area contributed by atoms with E-state index < -0.39 is 0 Å². The van der Waals surface area contributed by atoms with Gasteiger partial charge in [0.25, 0.3) is 0 Å². The largest absolute Gasteiger partial charge is 0.235 e. The molecule has 10 heavy (non-hydrogen) atoms. The van der Waals surface area contributed by atoms with Crippen LogP contribution in [-0.4, -0.2) is 14.8 Å². The van der Waals surface area contributed by atoms with Gasteiger partial charge in [-0.1, -0.05) is 5.92 Å². The van der Waals surface area contributed by atoms with Crippen molar-refractivity contribution in [2.45, 2.75) is 18.4 Å². The number of rotatable bonds is 1. The van der Waals surface area contributed by atoms with Gasteiger partial charge in [0.05, 0.1) is 0 Å². The van der Waals surface area contributed by atoms with Crippen LogP contribution in [0.25, 0.3) is 0 Å². The Morgan fingerprint density at radius 2 is 2.40 bits per heavy atom. The van der Waals surface area contributed by atoms with Gasteiger partial charge in [-0.2, -0.15) is 5.10 Å². The van der Waals surface area contributed by atoms with Crippen LogP contribution in [0.1, 0.15) is 12.8 Å². The first-order valence-electron chi connectivity index (χ1n) is 3.20. The van der Waals surface area contributed by atoms with Crippen molar-refractivity contribution >= 4 is 0 Å². The Labute approximate surface area is 59.1 Å². The summed E-state index contributed by atoms with van der Waals surface area (Å²) in [5.41, 5.74) is -0.115. The molecule has 1 saturated carbocycles. The average molecular weight is 133 g/mol. The first-order chi connectivity index (χ1) is 4.87. The van der Waals surface area contributed by atoms with E-state index in [4.69, 9.17) is 6.42 Å². The van der Waals surface area contributed by atoms with Crippen molar-refractivity contribution in [2.75, 3.05) is 0 Å². The molecule has 1 aromatic heterocycles. The van der Waals surface area contributed by atoms with Gasteiger partial charge in [0, 0.05) is 0 Å². The fourth-order valence-electron chi connectivity index (χ4n) is 0.987. The highest BCUT2D eigenvalue weighted by atomic mass is 15.4. The highest BCUT2D eigenvalue weighted by Crippen LogP contribution is 2.41. The van der Waals surface area contributed by atoms with Gasteiger partial charge in [-0.25, -0.2) is 9.67 Å². The lowest BCUT2D eigenvalue weighted by molar-refractivity contribution is 0.540. The van der Waals surface area contributed by atoms with Crippen LogP contribution < -0.4 is 0 Å². The summed E-state index contributed by atoms with van der Waals surface area (Å²) in [5, 5.41) is 3.98. The maximum atomic E-state index is 5.32. The molecule has 1 aromatic rings. The van der Waals surface area contributed by atoms with E-state index in [0.717, 1.165) is 12.8 Å². The lowest BCUT2D eigenvalue weighted by atomic mass is 10.3. The lowest BCUT2D eigenvalue weighted by Crippen LogP contribution is -2.14. The van der Waals surface area contributed by atoms with Crippen LogP contribution in [0.3, 0.4) is 0 Å². The van der Waals surface area contributed by atoms with E-state index in [1.165, 1.54) is 6.33 Å². The van der Waals surface area contributed by atoms with Crippen molar-refractivity contribution in [1.82, 2.24) is 14.8 Å². The molecule has 1 aliphatic carbocycles. The Morgan fingerprint density at radius 1 is 1.60 bits per heavy atom. The Bertz CT molecular complexity index is 264. The van der Waals surface area contributed by atoms with Crippen LogP contribution in [0, 0.1) is 12.3 Å². The van der Waals surface area contributed by atoms with E-state index in [1.807, 2.05) is 0 Å². The van der Waals surface area contributed by atoms with Gasteiger partial charge in [0.1, 0.15) is 18.2 Å². The monoisotopic (exact) mass is 133 g/mol. The quantitative estimate of drug-likeness (QED) is 0.519. The molecule has 3 nitrogen and oxygen atoms in total. The van der Waals surface area contributed by atoms with Crippen LogP contribution >= 0.6 is 0 Å². The van der Waals surface area contributed by atoms with E-state index in [-0.39, 0.29) is 5.54 Å². The Balaban J connectivity index is 2.38. The molecule has 0 spiro atoms. The minimum atomic E-state index is -0.115. The zero-order valence-corrected chi connectivity index (χ0v) is 5.49. The Kier molecular flexibility index (Phi) is 0.877. The summed E-state index contributed by atoms with van der Waals surface area (Å²) in [6, 6.07) is 0. The fraction of sp³-hybridized carbons (Fsp3) is 0.429. The number of hydrogen-bond donors (Lipinski definition) is 0. The molecule has 1 fully saturated rings. The molecule has 0 saturated heterocycles. The zero-order valence-electron chi connectivity index (χ0n) is 5.49. The second kappa shape index (κ2) is 1.60. The molecular weight excluding hydrogens is 126 g/mol. The summed E-state index contributed by atoms with van der Waals surface area (Å²) in [7, 11) is 0. The standard InChI is InChI=1S/C7H7N3/c1-2-7(3-4-7)10-6-8-5-9-10/h1,5-6H,3-4H2. The third-order valence-corrected chi connectivity index (χ3v) is 1.85. The minimum absolute atomic E-state index is 0.115. The molecule has 1 heterocycles. The van der Waals surface area contributed by atoms with Gasteiger partial charge < -0.3 is 0 Å². The SMILES string of the molecule is C#CC1(n2cncn2)CC1. The molecule has 0 amide bonds. The van der Waals surface area contributed by atoms with E-state index in [9.17, 15) is 0 Å². The third kappa shape index (κ3) is 0.561. The number of terminal acetylenes is 1. The molecule has 0 unspecified atom stereocenters. The second-order valence-electron chi connectivity index (χ2n) is 2.52. The lowest BCUT2D eigenvalue weighted by Gasteiger charge is -2.04. The molecule has 0 aromatic carbocycles. The molecule has 0 aliphatic heterocycles. The van der Waals surface area contributed by atoms with Crippen LogP contribution in [0.4, 0.5) is 0 Å². The van der Waals surface area contributed by atoms with E-state index in [1.54, 1.807) is 11.0 Å². The molecule has 0 bridgehead atoms. The van der Waals surface area contributed by atoms with Crippen LogP contribution in [0.5, 0.6) is 0 Å². The minimum Gasteiger partial charge on any atom is -0.235 e. The van der Waals surface area contributed by atoms with Crippen molar-refractivity contribution < 1.29 is 0 Å². The molecule has 3 heteroatoms. The van der Waals surface area contributed by atoms with Crippen molar-refractivity contribution in [3.8, 4) is 12.3 Å². The van der Waals surface area contributed by atoms with Crippen molar-refractivity contribution in [3.63, 3.8) is 0 Å². The van der Waals surface area contributed by atoms with Gasteiger partial charge in [-0.3, -0.25) is 0 Å². The maximum absolute atomic E-state index is 5.32. The van der Waals surface area contributed by atoms with Crippen molar-refractivity contribution in [1.29, 1.82) is 0 Å². The van der Waals surface area contributed by atoms with Crippen molar-refractivity contribution in [2.24, 2.45) is 0 Å². The Hall–Kier alpha value is -1.30. The summed E-state index contributed by atoms with van der Waals surface area (Å²) in [6.07, 6.45) is 10.6. The van der Waals surface area contributed by atoms with Gasteiger partial charge in [-0.15, -0.1) is 6.42 Å². The first kappa shape index (κ1) is 5.48. The highest BCUT2D eigenvalue weighted by Gasteiger charge is 2.43. The molecule has 0 N–H and O–H groups in total. The zero-order chi connectivity index (χ0) is 7.03. The maximum Gasteiger partial charge on any atom is 0.137 e. The van der Waals surface area contributed by atoms with Crippen molar-refractivity contribution in [3.05, 3.63) is 12.7 Å². The van der Waals surface area contributed by atoms with Crippen LogP contribution in [0.15, 0.2) is 12.7 Å². The summed E-state index contributed by atoms with van der Waals surface area (Å²) in [5.74, 6) is 2.72. The Morgan fingerprint density at radius 3 is 2.80 bits per heavy atom. The molecule has 0 atom stereocenters.